The molecule has 0 radical (unpaired) electrons. The maximum absolute atomic E-state index is 13.0. The molecule has 0 fully saturated rings. The van der Waals surface area contributed by atoms with E-state index < -0.39 is 0 Å². The summed E-state index contributed by atoms with van der Waals surface area (Å²) in [4.78, 5) is 0. The minimum Gasteiger partial charge on any atom is -0.313 e. The maximum atomic E-state index is 13.0. The van der Waals surface area contributed by atoms with Gasteiger partial charge in [-0.3, -0.25) is 0 Å². The molecule has 0 saturated heterocycles. The second kappa shape index (κ2) is 7.20. The van der Waals surface area contributed by atoms with Crippen LogP contribution in [0, 0.1) is 5.82 Å². The van der Waals surface area contributed by atoms with Crippen LogP contribution in [0.2, 0.25) is 0 Å². The number of alkyl halides is 1. The SMILES string of the molecule is Fc1cc(Br)cc(CNCCCCCl)c1. The van der Waals surface area contributed by atoms with E-state index in [-0.39, 0.29) is 5.82 Å². The lowest BCUT2D eigenvalue weighted by molar-refractivity contribution is 0.613. The van der Waals surface area contributed by atoms with Crippen molar-refractivity contribution in [1.82, 2.24) is 5.32 Å². The monoisotopic (exact) mass is 293 g/mol. The molecule has 1 aromatic carbocycles. The predicted molar refractivity (Wildman–Crippen MR) is 65.8 cm³/mol. The molecule has 1 N–H and O–H groups in total. The molecule has 1 rings (SSSR count). The van der Waals surface area contributed by atoms with Crippen LogP contribution < -0.4 is 5.32 Å². The van der Waals surface area contributed by atoms with Crippen molar-refractivity contribution in [3.05, 3.63) is 34.1 Å². The highest BCUT2D eigenvalue weighted by molar-refractivity contribution is 9.10. The van der Waals surface area contributed by atoms with Gasteiger partial charge in [0.05, 0.1) is 0 Å². The fourth-order valence-electron chi connectivity index (χ4n) is 1.29. The van der Waals surface area contributed by atoms with Crippen LogP contribution in [-0.4, -0.2) is 12.4 Å². The van der Waals surface area contributed by atoms with Crippen molar-refractivity contribution in [2.24, 2.45) is 0 Å². The Kier molecular flexibility index (Phi) is 6.22. The first kappa shape index (κ1) is 12.9. The molecular weight excluding hydrogens is 280 g/mol. The van der Waals surface area contributed by atoms with Gasteiger partial charge in [-0.15, -0.1) is 11.6 Å². The lowest BCUT2D eigenvalue weighted by atomic mass is 10.2. The molecule has 0 heterocycles. The summed E-state index contributed by atoms with van der Waals surface area (Å²) in [5.74, 6) is 0.495. The largest absolute Gasteiger partial charge is 0.313 e. The van der Waals surface area contributed by atoms with E-state index in [1.54, 1.807) is 6.07 Å². The van der Waals surface area contributed by atoms with Crippen LogP contribution in [0.1, 0.15) is 18.4 Å². The second-order valence-corrected chi connectivity index (χ2v) is 4.64. The molecule has 0 atom stereocenters. The number of rotatable bonds is 6. The lowest BCUT2D eigenvalue weighted by Crippen LogP contribution is -2.14. The van der Waals surface area contributed by atoms with E-state index in [9.17, 15) is 4.39 Å². The van der Waals surface area contributed by atoms with Crippen LogP contribution in [0.25, 0.3) is 0 Å². The smallest absolute Gasteiger partial charge is 0.124 e. The van der Waals surface area contributed by atoms with Crippen LogP contribution in [0.5, 0.6) is 0 Å². The Labute approximate surface area is 103 Å². The van der Waals surface area contributed by atoms with E-state index in [1.807, 2.05) is 6.07 Å². The Morgan fingerprint density at radius 3 is 2.73 bits per heavy atom. The summed E-state index contributed by atoms with van der Waals surface area (Å²) in [7, 11) is 0. The molecule has 0 aromatic heterocycles. The molecular formula is C11H14BrClFN. The number of hydrogen-bond acceptors (Lipinski definition) is 1. The Bertz CT molecular complexity index is 286. The summed E-state index contributed by atoms with van der Waals surface area (Å²) >= 11 is 8.82. The molecule has 0 bridgehead atoms. The van der Waals surface area contributed by atoms with Crippen LogP contribution in [0.3, 0.4) is 0 Å². The number of benzene rings is 1. The first-order valence-corrected chi connectivity index (χ1v) is 6.27. The van der Waals surface area contributed by atoms with Crippen LogP contribution >= 0.6 is 27.5 Å². The molecule has 1 nitrogen and oxygen atoms in total. The minimum absolute atomic E-state index is 0.207. The molecule has 84 valence electrons. The van der Waals surface area contributed by atoms with Gasteiger partial charge in [0.15, 0.2) is 0 Å². The van der Waals surface area contributed by atoms with Gasteiger partial charge >= 0.3 is 0 Å². The third-order valence-electron chi connectivity index (χ3n) is 1.99. The van der Waals surface area contributed by atoms with E-state index in [1.165, 1.54) is 6.07 Å². The topological polar surface area (TPSA) is 12.0 Å². The van der Waals surface area contributed by atoms with Crippen molar-refractivity contribution in [2.75, 3.05) is 12.4 Å². The molecule has 0 saturated carbocycles. The summed E-state index contributed by atoms with van der Waals surface area (Å²) in [5.41, 5.74) is 0.952. The van der Waals surface area contributed by atoms with Gasteiger partial charge in [-0.25, -0.2) is 4.39 Å². The Hall–Kier alpha value is -0.120. The highest BCUT2D eigenvalue weighted by Gasteiger charge is 1.98. The quantitative estimate of drug-likeness (QED) is 0.623. The first-order chi connectivity index (χ1) is 7.22. The first-order valence-electron chi connectivity index (χ1n) is 4.94. The van der Waals surface area contributed by atoms with Gasteiger partial charge < -0.3 is 5.32 Å². The van der Waals surface area contributed by atoms with Crippen molar-refractivity contribution >= 4 is 27.5 Å². The van der Waals surface area contributed by atoms with Crippen molar-refractivity contribution in [1.29, 1.82) is 0 Å². The van der Waals surface area contributed by atoms with Crippen molar-refractivity contribution in [3.8, 4) is 0 Å². The second-order valence-electron chi connectivity index (χ2n) is 3.35. The fourth-order valence-corrected chi connectivity index (χ4v) is 1.99. The van der Waals surface area contributed by atoms with Gasteiger partial charge in [0, 0.05) is 16.9 Å². The van der Waals surface area contributed by atoms with Crippen LogP contribution in [0.4, 0.5) is 4.39 Å². The van der Waals surface area contributed by atoms with Crippen molar-refractivity contribution < 1.29 is 4.39 Å². The highest BCUT2D eigenvalue weighted by atomic mass is 79.9. The number of unbranched alkanes of at least 4 members (excludes halogenated alkanes) is 1. The molecule has 0 aliphatic carbocycles. The Morgan fingerprint density at radius 1 is 1.27 bits per heavy atom. The third kappa shape index (κ3) is 5.50. The van der Waals surface area contributed by atoms with Crippen LogP contribution in [0.15, 0.2) is 22.7 Å². The zero-order chi connectivity index (χ0) is 11.1. The average Bonchev–Trinajstić information content (AvgIpc) is 2.16. The number of halogens is 3. The molecule has 0 spiro atoms. The van der Waals surface area contributed by atoms with E-state index in [0.29, 0.717) is 12.4 Å². The van der Waals surface area contributed by atoms with E-state index in [2.05, 4.69) is 21.2 Å². The summed E-state index contributed by atoms with van der Waals surface area (Å²) in [6.45, 7) is 1.61. The molecule has 0 amide bonds. The standard InChI is InChI=1S/C11H14BrClFN/c12-10-5-9(6-11(14)7-10)8-15-4-2-1-3-13/h5-7,15H,1-4,8H2. The summed E-state index contributed by atoms with van der Waals surface area (Å²) in [6.07, 6.45) is 2.07. The molecule has 0 aliphatic heterocycles. The maximum Gasteiger partial charge on any atom is 0.124 e. The molecule has 15 heavy (non-hydrogen) atoms. The van der Waals surface area contributed by atoms with E-state index in [0.717, 1.165) is 29.4 Å². The van der Waals surface area contributed by atoms with Gasteiger partial charge in [0.1, 0.15) is 5.82 Å². The van der Waals surface area contributed by atoms with Crippen molar-refractivity contribution in [3.63, 3.8) is 0 Å². The normalized spacial score (nSPS) is 10.6. The van der Waals surface area contributed by atoms with Gasteiger partial charge in [-0.05, 0) is 43.1 Å². The number of nitrogens with one attached hydrogen (secondary N) is 1. The summed E-state index contributed by atoms with van der Waals surface area (Å²) < 4.78 is 13.8. The molecule has 0 unspecified atom stereocenters. The van der Waals surface area contributed by atoms with Gasteiger partial charge in [0.2, 0.25) is 0 Å². The summed E-state index contributed by atoms with van der Waals surface area (Å²) in [5, 5.41) is 3.24. The van der Waals surface area contributed by atoms with E-state index in [4.69, 9.17) is 11.6 Å². The fraction of sp³-hybridized carbons (Fsp3) is 0.455. The third-order valence-corrected chi connectivity index (χ3v) is 2.71. The minimum atomic E-state index is -0.207. The summed E-state index contributed by atoms with van der Waals surface area (Å²) in [6, 6.07) is 4.91. The van der Waals surface area contributed by atoms with E-state index >= 15 is 0 Å². The Morgan fingerprint density at radius 2 is 2.07 bits per heavy atom. The molecule has 1 aromatic rings. The predicted octanol–water partition coefficient (Wildman–Crippen LogP) is 3.70. The zero-order valence-corrected chi connectivity index (χ0v) is 10.7. The van der Waals surface area contributed by atoms with Crippen molar-refractivity contribution in [2.45, 2.75) is 19.4 Å². The number of hydrogen-bond donors (Lipinski definition) is 1. The van der Waals surface area contributed by atoms with Gasteiger partial charge in [-0.2, -0.15) is 0 Å². The zero-order valence-electron chi connectivity index (χ0n) is 8.40. The van der Waals surface area contributed by atoms with Gasteiger partial charge in [-0.1, -0.05) is 15.9 Å². The molecule has 0 aliphatic rings. The average molecular weight is 295 g/mol. The Balaban J connectivity index is 2.31. The highest BCUT2D eigenvalue weighted by Crippen LogP contribution is 2.14. The van der Waals surface area contributed by atoms with Gasteiger partial charge in [0.25, 0.3) is 0 Å². The lowest BCUT2D eigenvalue weighted by Gasteiger charge is -2.05. The van der Waals surface area contributed by atoms with Crippen LogP contribution in [-0.2, 0) is 6.54 Å². The molecule has 4 heteroatoms.